The van der Waals surface area contributed by atoms with Crippen LogP contribution in [-0.2, 0) is 16.0 Å². The molecule has 0 spiro atoms. The largest absolute Gasteiger partial charge is 0.354 e. The first kappa shape index (κ1) is 18.2. The molecule has 0 aromatic heterocycles. The van der Waals surface area contributed by atoms with E-state index in [1.54, 1.807) is 11.8 Å². The van der Waals surface area contributed by atoms with Gasteiger partial charge in [0.1, 0.15) is 0 Å². The first-order chi connectivity index (χ1) is 10.5. The van der Waals surface area contributed by atoms with Crippen LogP contribution in [0.5, 0.6) is 0 Å². The van der Waals surface area contributed by atoms with Crippen molar-refractivity contribution in [1.82, 2.24) is 5.32 Å². The number of rotatable bonds is 8. The highest BCUT2D eigenvalue weighted by Gasteiger charge is 2.16. The average Bonchev–Trinajstić information content (AvgIpc) is 2.49. The maximum atomic E-state index is 12.0. The van der Waals surface area contributed by atoms with Crippen LogP contribution in [0.15, 0.2) is 18.2 Å². The molecule has 0 unspecified atom stereocenters. The summed E-state index contributed by atoms with van der Waals surface area (Å²) in [5.41, 5.74) is 3.24. The molecule has 1 aromatic rings. The van der Waals surface area contributed by atoms with Gasteiger partial charge in [0.25, 0.3) is 0 Å². The molecular weight excluding hydrogens is 276 g/mol. The van der Waals surface area contributed by atoms with Crippen molar-refractivity contribution in [2.45, 2.75) is 53.4 Å². The Balaban J connectivity index is 2.75. The number of unbranched alkanes of at least 4 members (excludes halogenated alkanes) is 1. The molecule has 0 aliphatic heterocycles. The molecule has 1 rings (SSSR count). The highest BCUT2D eigenvalue weighted by atomic mass is 16.2. The minimum Gasteiger partial charge on any atom is -0.354 e. The van der Waals surface area contributed by atoms with Crippen molar-refractivity contribution in [3.8, 4) is 0 Å². The number of amides is 2. The van der Waals surface area contributed by atoms with Crippen LogP contribution in [0.25, 0.3) is 0 Å². The van der Waals surface area contributed by atoms with Gasteiger partial charge in [-0.15, -0.1) is 0 Å². The standard InChI is InChI=1S/C18H28N2O2/c1-5-7-11-17(22)19-12-13-20(15(4)21)18-14(3)9-8-10-16(18)6-2/h8-10H,5-7,11-13H2,1-4H3,(H,19,22). The van der Waals surface area contributed by atoms with Gasteiger partial charge in [-0.05, 0) is 30.9 Å². The summed E-state index contributed by atoms with van der Waals surface area (Å²) in [7, 11) is 0. The van der Waals surface area contributed by atoms with Crippen LogP contribution in [0.2, 0.25) is 0 Å². The lowest BCUT2D eigenvalue weighted by Gasteiger charge is -2.26. The van der Waals surface area contributed by atoms with Crippen molar-refractivity contribution in [2.75, 3.05) is 18.0 Å². The molecule has 0 radical (unpaired) electrons. The maximum absolute atomic E-state index is 12.0. The fourth-order valence-corrected chi connectivity index (χ4v) is 2.55. The van der Waals surface area contributed by atoms with Crippen LogP contribution in [0, 0.1) is 6.92 Å². The molecule has 0 aliphatic carbocycles. The zero-order valence-electron chi connectivity index (χ0n) is 14.2. The van der Waals surface area contributed by atoms with Crippen molar-refractivity contribution in [3.05, 3.63) is 29.3 Å². The molecule has 0 saturated carbocycles. The molecule has 4 nitrogen and oxygen atoms in total. The Morgan fingerprint density at radius 3 is 2.55 bits per heavy atom. The Kier molecular flexibility index (Phi) is 7.64. The number of nitrogens with one attached hydrogen (secondary N) is 1. The summed E-state index contributed by atoms with van der Waals surface area (Å²) in [6.07, 6.45) is 3.35. The molecular formula is C18H28N2O2. The normalized spacial score (nSPS) is 10.4. The molecule has 122 valence electrons. The Morgan fingerprint density at radius 2 is 1.95 bits per heavy atom. The zero-order chi connectivity index (χ0) is 16.5. The summed E-state index contributed by atoms with van der Waals surface area (Å²) in [6, 6.07) is 6.09. The van der Waals surface area contributed by atoms with Gasteiger partial charge in [0, 0.05) is 32.1 Å². The Labute approximate surface area is 133 Å². The van der Waals surface area contributed by atoms with Crippen LogP contribution in [0.3, 0.4) is 0 Å². The second-order valence-electron chi connectivity index (χ2n) is 5.56. The molecule has 0 fully saturated rings. The Bertz CT molecular complexity index is 512. The van der Waals surface area contributed by atoms with E-state index in [0.717, 1.165) is 36.1 Å². The van der Waals surface area contributed by atoms with Crippen LogP contribution in [0.1, 0.15) is 51.2 Å². The predicted octanol–water partition coefficient (Wildman–Crippen LogP) is 3.22. The lowest BCUT2D eigenvalue weighted by molar-refractivity contribution is -0.121. The van der Waals surface area contributed by atoms with Gasteiger partial charge >= 0.3 is 0 Å². The number of aryl methyl sites for hydroxylation is 2. The molecule has 1 aromatic carbocycles. The van der Waals surface area contributed by atoms with E-state index < -0.39 is 0 Å². The van der Waals surface area contributed by atoms with E-state index in [1.807, 2.05) is 19.1 Å². The number of hydrogen-bond donors (Lipinski definition) is 1. The Morgan fingerprint density at radius 1 is 1.23 bits per heavy atom. The molecule has 22 heavy (non-hydrogen) atoms. The van der Waals surface area contributed by atoms with E-state index in [4.69, 9.17) is 0 Å². The number of benzene rings is 1. The van der Waals surface area contributed by atoms with E-state index in [1.165, 1.54) is 0 Å². The van der Waals surface area contributed by atoms with Gasteiger partial charge < -0.3 is 10.2 Å². The summed E-state index contributed by atoms with van der Waals surface area (Å²) in [5, 5.41) is 2.90. The summed E-state index contributed by atoms with van der Waals surface area (Å²) >= 11 is 0. The molecule has 1 N–H and O–H groups in total. The maximum Gasteiger partial charge on any atom is 0.223 e. The van der Waals surface area contributed by atoms with E-state index in [0.29, 0.717) is 19.5 Å². The van der Waals surface area contributed by atoms with Crippen LogP contribution < -0.4 is 10.2 Å². The molecule has 4 heteroatoms. The van der Waals surface area contributed by atoms with Crippen LogP contribution in [-0.4, -0.2) is 24.9 Å². The average molecular weight is 304 g/mol. The highest BCUT2D eigenvalue weighted by Crippen LogP contribution is 2.25. The monoisotopic (exact) mass is 304 g/mol. The third kappa shape index (κ3) is 5.17. The van der Waals surface area contributed by atoms with Crippen molar-refractivity contribution in [2.24, 2.45) is 0 Å². The minimum atomic E-state index is 0.00630. The van der Waals surface area contributed by atoms with Crippen molar-refractivity contribution >= 4 is 17.5 Å². The van der Waals surface area contributed by atoms with Crippen molar-refractivity contribution < 1.29 is 9.59 Å². The summed E-state index contributed by atoms with van der Waals surface area (Å²) in [6.45, 7) is 8.73. The van der Waals surface area contributed by atoms with E-state index in [-0.39, 0.29) is 11.8 Å². The third-order valence-corrected chi connectivity index (χ3v) is 3.77. The lowest BCUT2D eigenvalue weighted by atomic mass is 10.0. The minimum absolute atomic E-state index is 0.00630. The number of para-hydroxylation sites is 1. The predicted molar refractivity (Wildman–Crippen MR) is 91.1 cm³/mol. The second kappa shape index (κ2) is 9.23. The van der Waals surface area contributed by atoms with Crippen LogP contribution in [0.4, 0.5) is 5.69 Å². The van der Waals surface area contributed by atoms with Gasteiger partial charge in [-0.3, -0.25) is 9.59 Å². The summed E-state index contributed by atoms with van der Waals surface area (Å²) < 4.78 is 0. The molecule has 0 atom stereocenters. The van der Waals surface area contributed by atoms with Gasteiger partial charge in [0.2, 0.25) is 11.8 Å². The first-order valence-corrected chi connectivity index (χ1v) is 8.14. The van der Waals surface area contributed by atoms with Gasteiger partial charge in [-0.1, -0.05) is 38.5 Å². The molecule has 0 heterocycles. The van der Waals surface area contributed by atoms with Crippen LogP contribution >= 0.6 is 0 Å². The fourth-order valence-electron chi connectivity index (χ4n) is 2.55. The van der Waals surface area contributed by atoms with E-state index >= 15 is 0 Å². The van der Waals surface area contributed by atoms with Gasteiger partial charge in [-0.2, -0.15) is 0 Å². The molecule has 2 amide bonds. The van der Waals surface area contributed by atoms with Gasteiger partial charge in [-0.25, -0.2) is 0 Å². The SMILES string of the molecule is CCCCC(=O)NCCN(C(C)=O)c1c(C)cccc1CC. The topological polar surface area (TPSA) is 49.4 Å². The van der Waals surface area contributed by atoms with Crippen molar-refractivity contribution in [3.63, 3.8) is 0 Å². The van der Waals surface area contributed by atoms with Gasteiger partial charge in [0.05, 0.1) is 0 Å². The second-order valence-corrected chi connectivity index (χ2v) is 5.56. The fraction of sp³-hybridized carbons (Fsp3) is 0.556. The van der Waals surface area contributed by atoms with Crippen molar-refractivity contribution in [1.29, 1.82) is 0 Å². The lowest BCUT2D eigenvalue weighted by Crippen LogP contribution is -2.38. The first-order valence-electron chi connectivity index (χ1n) is 8.14. The quantitative estimate of drug-likeness (QED) is 0.801. The van der Waals surface area contributed by atoms with E-state index in [2.05, 4.69) is 25.2 Å². The summed E-state index contributed by atoms with van der Waals surface area (Å²) in [4.78, 5) is 25.5. The number of anilines is 1. The zero-order valence-corrected chi connectivity index (χ0v) is 14.2. The summed E-state index contributed by atoms with van der Waals surface area (Å²) in [5.74, 6) is 0.0673. The Hall–Kier alpha value is -1.84. The van der Waals surface area contributed by atoms with Gasteiger partial charge in [0.15, 0.2) is 0 Å². The number of nitrogens with zero attached hydrogens (tertiary/aromatic N) is 1. The molecule has 0 saturated heterocycles. The number of hydrogen-bond acceptors (Lipinski definition) is 2. The molecule has 0 aliphatic rings. The molecule has 0 bridgehead atoms. The number of carbonyl (C=O) groups excluding carboxylic acids is 2. The third-order valence-electron chi connectivity index (χ3n) is 3.77. The number of carbonyl (C=O) groups is 2. The highest BCUT2D eigenvalue weighted by molar-refractivity contribution is 5.93. The van der Waals surface area contributed by atoms with E-state index in [9.17, 15) is 9.59 Å². The smallest absolute Gasteiger partial charge is 0.223 e.